The van der Waals surface area contributed by atoms with E-state index in [1.165, 1.54) is 4.35 Å². The Hall–Kier alpha value is -2.10. The zero-order chi connectivity index (χ0) is 18.4. The Morgan fingerprint density at radius 3 is 2.73 bits per heavy atom. The molecule has 3 rings (SSSR count). The van der Waals surface area contributed by atoms with Gasteiger partial charge in [-0.2, -0.15) is 0 Å². The fourth-order valence-electron chi connectivity index (χ4n) is 2.58. The number of anilines is 1. The zero-order valence-corrected chi connectivity index (χ0v) is 17.0. The molecule has 0 aliphatic rings. The summed E-state index contributed by atoms with van der Waals surface area (Å²) in [5, 5.41) is 5.53. The predicted molar refractivity (Wildman–Crippen MR) is 106 cm³/mol. The quantitative estimate of drug-likeness (QED) is 0.542. The van der Waals surface area contributed by atoms with Crippen molar-refractivity contribution in [3.63, 3.8) is 0 Å². The third kappa shape index (κ3) is 4.54. The van der Waals surface area contributed by atoms with Crippen LogP contribution in [0.4, 0.5) is 5.69 Å². The molecule has 7 heteroatoms. The van der Waals surface area contributed by atoms with Gasteiger partial charge in [0, 0.05) is 0 Å². The Labute approximate surface area is 164 Å². The summed E-state index contributed by atoms with van der Waals surface area (Å²) in [7, 11) is 0. The van der Waals surface area contributed by atoms with Crippen molar-refractivity contribution in [2.24, 2.45) is 0 Å². The zero-order valence-electron chi connectivity index (χ0n) is 14.4. The van der Waals surface area contributed by atoms with Crippen LogP contribution in [-0.4, -0.2) is 43.0 Å². The number of benzene rings is 1. The first kappa shape index (κ1) is 18.7. The number of nitrogens with zero attached hydrogens (tertiary/aromatic N) is 4. The molecule has 0 atom stereocenters. The summed E-state index contributed by atoms with van der Waals surface area (Å²) >= 11 is 6.30. The molecule has 0 N–H and O–H groups in total. The molecule has 0 unspecified atom stereocenters. The molecule has 1 aromatic carbocycles. The molecule has 1 amide bonds. The Morgan fingerprint density at radius 2 is 2.04 bits per heavy atom. The summed E-state index contributed by atoms with van der Waals surface area (Å²) in [6.07, 6.45) is 5.70. The van der Waals surface area contributed by atoms with E-state index >= 15 is 0 Å². The molecule has 0 aliphatic heterocycles. The molecule has 1 radical (unpaired) electrons. The molecule has 26 heavy (non-hydrogen) atoms. The van der Waals surface area contributed by atoms with Gasteiger partial charge >= 0.3 is 165 Å². The van der Waals surface area contributed by atoms with Crippen molar-refractivity contribution in [2.45, 2.75) is 18.6 Å². The van der Waals surface area contributed by atoms with Gasteiger partial charge in [-0.1, -0.05) is 0 Å². The van der Waals surface area contributed by atoms with Gasteiger partial charge in [0.05, 0.1) is 0 Å². The third-order valence-electron chi connectivity index (χ3n) is 3.85. The number of pyridine rings is 1. The van der Waals surface area contributed by atoms with Crippen molar-refractivity contribution in [3.8, 4) is 5.69 Å². The SMILES string of the molecule is CCN(C(=O)CC[As]c1ccccc1)c1cn(-c2cccnc2)nc1Cl. The van der Waals surface area contributed by atoms with Crippen molar-refractivity contribution in [1.82, 2.24) is 14.8 Å². The van der Waals surface area contributed by atoms with Gasteiger partial charge < -0.3 is 0 Å². The number of hydrogen-bond donors (Lipinski definition) is 0. The molecule has 2 aromatic heterocycles. The van der Waals surface area contributed by atoms with Gasteiger partial charge in [0.1, 0.15) is 0 Å². The second-order valence-electron chi connectivity index (χ2n) is 5.57. The summed E-state index contributed by atoms with van der Waals surface area (Å²) < 4.78 is 2.98. The first-order valence-corrected chi connectivity index (χ1v) is 11.0. The average molecular weight is 430 g/mol. The van der Waals surface area contributed by atoms with Crippen molar-refractivity contribution < 1.29 is 4.79 Å². The van der Waals surface area contributed by atoms with Crippen LogP contribution in [0.2, 0.25) is 10.4 Å². The fourth-order valence-corrected chi connectivity index (χ4v) is 4.79. The van der Waals surface area contributed by atoms with Gasteiger partial charge in [-0.05, 0) is 0 Å². The fraction of sp³-hybridized carbons (Fsp3) is 0.211. The monoisotopic (exact) mass is 429 g/mol. The molecular formula is C19H19AsClN4O. The Balaban J connectivity index is 1.68. The van der Waals surface area contributed by atoms with E-state index < -0.39 is 0 Å². The summed E-state index contributed by atoms with van der Waals surface area (Å²) in [5.74, 6) is 0.0754. The Kier molecular flexibility index (Phi) is 6.48. The summed E-state index contributed by atoms with van der Waals surface area (Å²) in [4.78, 5) is 18.5. The van der Waals surface area contributed by atoms with Crippen LogP contribution >= 0.6 is 11.6 Å². The Morgan fingerprint density at radius 1 is 1.23 bits per heavy atom. The van der Waals surface area contributed by atoms with Gasteiger partial charge in [0.25, 0.3) is 0 Å². The second kappa shape index (κ2) is 9.02. The van der Waals surface area contributed by atoms with Gasteiger partial charge in [-0.15, -0.1) is 0 Å². The van der Waals surface area contributed by atoms with Crippen LogP contribution in [0.3, 0.4) is 0 Å². The van der Waals surface area contributed by atoms with Crippen LogP contribution < -0.4 is 9.25 Å². The molecule has 2 heterocycles. The molecule has 0 fully saturated rings. The van der Waals surface area contributed by atoms with Crippen LogP contribution in [0, 0.1) is 0 Å². The molecule has 3 aromatic rings. The number of carbonyl (C=O) groups is 1. The number of aromatic nitrogens is 3. The number of carbonyl (C=O) groups excluding carboxylic acids is 1. The van der Waals surface area contributed by atoms with E-state index in [1.54, 1.807) is 28.2 Å². The standard InChI is InChI=1S/C19H19AsClN4O/c1-2-24(18(26)10-11-20-15-7-4-3-5-8-15)17-14-25(23-19(17)21)16-9-6-12-22-13-16/h3-9,12-14H,2,10-11H2,1H3. The molecule has 0 saturated carbocycles. The molecule has 0 aliphatic carbocycles. The van der Waals surface area contributed by atoms with Gasteiger partial charge in [0.15, 0.2) is 0 Å². The van der Waals surface area contributed by atoms with E-state index in [-0.39, 0.29) is 21.7 Å². The second-order valence-corrected chi connectivity index (χ2v) is 8.61. The van der Waals surface area contributed by atoms with E-state index in [0.29, 0.717) is 23.8 Å². The van der Waals surface area contributed by atoms with E-state index in [1.807, 2.05) is 37.3 Å². The normalized spacial score (nSPS) is 11.2. The molecule has 0 spiro atoms. The van der Waals surface area contributed by atoms with Crippen molar-refractivity contribution >= 4 is 43.3 Å². The number of hydrogen-bond acceptors (Lipinski definition) is 3. The maximum absolute atomic E-state index is 12.7. The maximum atomic E-state index is 12.7. The minimum atomic E-state index is -0.00336. The van der Waals surface area contributed by atoms with Gasteiger partial charge in [-0.3, -0.25) is 0 Å². The van der Waals surface area contributed by atoms with E-state index in [9.17, 15) is 4.79 Å². The Bertz CT molecular complexity index is 854. The molecular weight excluding hydrogens is 411 g/mol. The van der Waals surface area contributed by atoms with Crippen molar-refractivity contribution in [1.29, 1.82) is 0 Å². The summed E-state index contributed by atoms with van der Waals surface area (Å²) in [6.45, 7) is 2.50. The van der Waals surface area contributed by atoms with E-state index in [2.05, 4.69) is 22.2 Å². The minimum absolute atomic E-state index is 0.00336. The van der Waals surface area contributed by atoms with Gasteiger partial charge in [0.2, 0.25) is 0 Å². The van der Waals surface area contributed by atoms with Crippen molar-refractivity contribution in [2.75, 3.05) is 11.4 Å². The first-order valence-electron chi connectivity index (χ1n) is 8.37. The average Bonchev–Trinajstić information content (AvgIpc) is 3.06. The summed E-state index contributed by atoms with van der Waals surface area (Å²) in [5.41, 5.74) is 1.44. The van der Waals surface area contributed by atoms with Crippen LogP contribution in [0.15, 0.2) is 61.1 Å². The van der Waals surface area contributed by atoms with Crippen LogP contribution in [-0.2, 0) is 4.79 Å². The molecule has 5 nitrogen and oxygen atoms in total. The van der Waals surface area contributed by atoms with Crippen LogP contribution in [0.5, 0.6) is 0 Å². The molecule has 0 saturated heterocycles. The molecule has 0 bridgehead atoms. The van der Waals surface area contributed by atoms with Crippen LogP contribution in [0.25, 0.3) is 5.69 Å². The van der Waals surface area contributed by atoms with E-state index in [0.717, 1.165) is 10.9 Å². The molecule has 133 valence electrons. The number of amides is 1. The van der Waals surface area contributed by atoms with Gasteiger partial charge in [-0.25, -0.2) is 0 Å². The predicted octanol–water partition coefficient (Wildman–Crippen LogP) is 3.11. The number of halogens is 1. The topological polar surface area (TPSA) is 51.0 Å². The van der Waals surface area contributed by atoms with Crippen LogP contribution in [0.1, 0.15) is 13.3 Å². The van der Waals surface area contributed by atoms with E-state index in [4.69, 9.17) is 11.6 Å². The number of rotatable bonds is 7. The third-order valence-corrected chi connectivity index (χ3v) is 6.45. The van der Waals surface area contributed by atoms with Crippen molar-refractivity contribution in [3.05, 3.63) is 66.2 Å². The summed E-state index contributed by atoms with van der Waals surface area (Å²) in [6, 6.07) is 14.1. The first-order chi connectivity index (χ1) is 12.7.